The third kappa shape index (κ3) is 7.11. The molecular weight excluding hydrogens is 500 g/mol. The monoisotopic (exact) mass is 521 g/mol. The van der Waals surface area contributed by atoms with Crippen molar-refractivity contribution in [1.82, 2.24) is 10.2 Å². The minimum atomic E-state index is -5.06. The molecule has 1 aliphatic heterocycles. The molecule has 190 valence electrons. The molecule has 0 unspecified atom stereocenters. The maximum absolute atomic E-state index is 13.3. The van der Waals surface area contributed by atoms with Crippen LogP contribution in [0.1, 0.15) is 39.9 Å². The summed E-state index contributed by atoms with van der Waals surface area (Å²) in [6.45, 7) is -0.0417. The van der Waals surface area contributed by atoms with Gasteiger partial charge in [0.25, 0.3) is 5.91 Å². The van der Waals surface area contributed by atoms with E-state index >= 15 is 0 Å². The molecule has 2 aromatic rings. The van der Waals surface area contributed by atoms with Gasteiger partial charge in [0.1, 0.15) is 0 Å². The van der Waals surface area contributed by atoms with E-state index in [4.69, 9.17) is 17.3 Å². The normalized spacial score (nSPS) is 19.0. The van der Waals surface area contributed by atoms with Crippen molar-refractivity contribution in [2.45, 2.75) is 43.7 Å². The summed E-state index contributed by atoms with van der Waals surface area (Å²) in [7, 11) is 0. The summed E-state index contributed by atoms with van der Waals surface area (Å²) in [4.78, 5) is 25.7. The molecule has 12 heteroatoms. The van der Waals surface area contributed by atoms with Gasteiger partial charge in [-0.3, -0.25) is 9.59 Å². The first-order valence-electron chi connectivity index (χ1n) is 10.6. The molecule has 1 saturated heterocycles. The number of amides is 2. The quantitative estimate of drug-likeness (QED) is 0.543. The molecule has 0 spiro atoms. The molecule has 1 aliphatic rings. The third-order valence-electron chi connectivity index (χ3n) is 5.76. The van der Waals surface area contributed by atoms with Crippen LogP contribution in [0.4, 0.5) is 26.3 Å². The van der Waals surface area contributed by atoms with Crippen molar-refractivity contribution >= 4 is 23.4 Å². The minimum absolute atomic E-state index is 0.0119. The van der Waals surface area contributed by atoms with Crippen molar-refractivity contribution in [3.63, 3.8) is 0 Å². The smallest absolute Gasteiger partial charge is 0.369 e. The molecule has 3 N–H and O–H groups in total. The topological polar surface area (TPSA) is 75.4 Å². The van der Waals surface area contributed by atoms with Crippen molar-refractivity contribution in [3.8, 4) is 0 Å². The Morgan fingerprint density at radius 2 is 1.57 bits per heavy atom. The van der Waals surface area contributed by atoms with Gasteiger partial charge in [0.2, 0.25) is 5.91 Å². The Morgan fingerprint density at radius 3 is 2.09 bits per heavy atom. The number of hydrogen-bond donors (Lipinski definition) is 2. The fourth-order valence-electron chi connectivity index (χ4n) is 4.08. The molecule has 5 nitrogen and oxygen atoms in total. The highest BCUT2D eigenvalue weighted by Crippen LogP contribution is 2.37. The number of halogens is 7. The summed E-state index contributed by atoms with van der Waals surface area (Å²) >= 11 is 5.91. The predicted molar refractivity (Wildman–Crippen MR) is 117 cm³/mol. The van der Waals surface area contributed by atoms with E-state index in [0.717, 1.165) is 5.56 Å². The van der Waals surface area contributed by atoms with Gasteiger partial charge in [0.15, 0.2) is 0 Å². The average Bonchev–Trinajstić information content (AvgIpc) is 2.77. The summed E-state index contributed by atoms with van der Waals surface area (Å²) in [5, 5.41) is 3.45. The molecule has 0 aliphatic carbocycles. The second kappa shape index (κ2) is 10.4. The summed E-state index contributed by atoms with van der Waals surface area (Å²) in [6.07, 6.45) is -9.20. The molecule has 3 rings (SSSR count). The summed E-state index contributed by atoms with van der Waals surface area (Å²) < 4.78 is 79.7. The standard InChI is InChI=1S/C23H22ClF6N3O2/c24-17-3-1-13(2-4-17)7-19-11-18(32-12-20(31)34)5-6-33(19)21(35)14-8-15(22(25,26)27)10-16(9-14)23(28,29)30/h1-4,8-10,18-19,32H,5-7,11-12H2,(H2,31,34)/t18-,19+/m0/s1. The maximum Gasteiger partial charge on any atom is 0.416 e. The van der Waals surface area contributed by atoms with E-state index in [1.807, 2.05) is 0 Å². The third-order valence-corrected chi connectivity index (χ3v) is 6.01. The van der Waals surface area contributed by atoms with Crippen LogP contribution < -0.4 is 11.1 Å². The molecule has 2 aromatic carbocycles. The van der Waals surface area contributed by atoms with Crippen molar-refractivity contribution in [1.29, 1.82) is 0 Å². The number of hydrogen-bond acceptors (Lipinski definition) is 3. The molecule has 0 aromatic heterocycles. The van der Waals surface area contributed by atoms with Crippen LogP contribution in [0.3, 0.4) is 0 Å². The largest absolute Gasteiger partial charge is 0.416 e. The number of benzene rings is 2. The number of nitrogens with zero attached hydrogens (tertiary/aromatic N) is 1. The first kappa shape index (κ1) is 26.8. The van der Waals surface area contributed by atoms with E-state index < -0.39 is 46.9 Å². The van der Waals surface area contributed by atoms with Crippen molar-refractivity contribution < 1.29 is 35.9 Å². The maximum atomic E-state index is 13.3. The van der Waals surface area contributed by atoms with Gasteiger partial charge in [-0.2, -0.15) is 26.3 Å². The molecule has 2 atom stereocenters. The van der Waals surface area contributed by atoms with E-state index in [2.05, 4.69) is 5.32 Å². The number of nitrogens with two attached hydrogens (primary N) is 1. The number of likely N-dealkylation sites (tertiary alicyclic amines) is 1. The SMILES string of the molecule is NC(=O)CN[C@H]1CCN(C(=O)c2cc(C(F)(F)F)cc(C(F)(F)F)c2)[C@H](Cc2ccc(Cl)cc2)C1. The Bertz CT molecular complexity index is 1040. The van der Waals surface area contributed by atoms with Gasteiger partial charge in [0.05, 0.1) is 17.7 Å². The van der Waals surface area contributed by atoms with Gasteiger partial charge in [-0.05, 0) is 55.2 Å². The number of carbonyl (C=O) groups excluding carboxylic acids is 2. The lowest BCUT2D eigenvalue weighted by atomic mass is 9.91. The Hall–Kier alpha value is -2.79. The number of alkyl halides is 6. The lowest BCUT2D eigenvalue weighted by Crippen LogP contribution is -2.52. The zero-order chi connectivity index (χ0) is 26.0. The van der Waals surface area contributed by atoms with Gasteiger partial charge in [0, 0.05) is 29.2 Å². The highest BCUT2D eigenvalue weighted by molar-refractivity contribution is 6.30. The summed E-state index contributed by atoms with van der Waals surface area (Å²) in [6, 6.07) is 6.79. The van der Waals surface area contributed by atoms with E-state index in [-0.39, 0.29) is 31.6 Å². The summed E-state index contributed by atoms with van der Waals surface area (Å²) in [5.74, 6) is -1.52. The number of primary amides is 1. The van der Waals surface area contributed by atoms with Crippen LogP contribution in [0.5, 0.6) is 0 Å². The van der Waals surface area contributed by atoms with E-state index in [0.29, 0.717) is 30.0 Å². The van der Waals surface area contributed by atoms with E-state index in [9.17, 15) is 35.9 Å². The first-order chi connectivity index (χ1) is 16.2. The van der Waals surface area contributed by atoms with Crippen LogP contribution in [0.15, 0.2) is 42.5 Å². The van der Waals surface area contributed by atoms with E-state index in [1.165, 1.54) is 4.90 Å². The van der Waals surface area contributed by atoms with Gasteiger partial charge in [-0.15, -0.1) is 0 Å². The highest BCUT2D eigenvalue weighted by Gasteiger charge is 2.39. The average molecular weight is 522 g/mol. The molecule has 1 fully saturated rings. The molecule has 1 heterocycles. The van der Waals surface area contributed by atoms with Gasteiger partial charge < -0.3 is 16.0 Å². The lowest BCUT2D eigenvalue weighted by molar-refractivity contribution is -0.143. The van der Waals surface area contributed by atoms with Crippen LogP contribution in [-0.2, 0) is 23.6 Å². The Labute approximate surface area is 202 Å². The molecule has 0 bridgehead atoms. The fraction of sp³-hybridized carbons (Fsp3) is 0.391. The molecule has 0 saturated carbocycles. The van der Waals surface area contributed by atoms with Crippen LogP contribution in [-0.4, -0.2) is 41.9 Å². The molecule has 35 heavy (non-hydrogen) atoms. The van der Waals surface area contributed by atoms with Crippen LogP contribution in [0.2, 0.25) is 5.02 Å². The van der Waals surface area contributed by atoms with Gasteiger partial charge in [-0.25, -0.2) is 0 Å². The number of carbonyl (C=O) groups is 2. The number of piperidine rings is 1. The van der Waals surface area contributed by atoms with Crippen molar-refractivity contribution in [3.05, 3.63) is 69.7 Å². The van der Waals surface area contributed by atoms with Crippen LogP contribution in [0, 0.1) is 0 Å². The molecule has 2 amide bonds. The minimum Gasteiger partial charge on any atom is -0.369 e. The van der Waals surface area contributed by atoms with Crippen LogP contribution in [0.25, 0.3) is 0 Å². The molecular formula is C23H22ClF6N3O2. The Kier molecular flexibility index (Phi) is 8.00. The molecule has 0 radical (unpaired) electrons. The lowest BCUT2D eigenvalue weighted by Gasteiger charge is -2.40. The second-order valence-corrected chi connectivity index (χ2v) is 8.78. The van der Waals surface area contributed by atoms with Gasteiger partial charge >= 0.3 is 12.4 Å². The number of nitrogens with one attached hydrogen (secondary N) is 1. The summed E-state index contributed by atoms with van der Waals surface area (Å²) in [5.41, 5.74) is 2.14. The Morgan fingerprint density at radius 1 is 1.00 bits per heavy atom. The van der Waals surface area contributed by atoms with Crippen LogP contribution >= 0.6 is 11.6 Å². The Balaban J connectivity index is 1.94. The highest BCUT2D eigenvalue weighted by atomic mass is 35.5. The van der Waals surface area contributed by atoms with Gasteiger partial charge in [-0.1, -0.05) is 23.7 Å². The zero-order valence-electron chi connectivity index (χ0n) is 18.2. The zero-order valence-corrected chi connectivity index (χ0v) is 19.0. The fourth-order valence-corrected chi connectivity index (χ4v) is 4.21. The number of rotatable bonds is 6. The first-order valence-corrected chi connectivity index (χ1v) is 11.0. The second-order valence-electron chi connectivity index (χ2n) is 8.35. The van der Waals surface area contributed by atoms with Crippen molar-refractivity contribution in [2.24, 2.45) is 5.73 Å². The van der Waals surface area contributed by atoms with Crippen molar-refractivity contribution in [2.75, 3.05) is 13.1 Å². The predicted octanol–water partition coefficient (Wildman–Crippen LogP) is 4.67. The van der Waals surface area contributed by atoms with E-state index in [1.54, 1.807) is 24.3 Å².